The number of carbonyl (C=O) groups is 1. The van der Waals surface area contributed by atoms with Gasteiger partial charge >= 0.3 is 0 Å². The van der Waals surface area contributed by atoms with E-state index in [0.29, 0.717) is 17.1 Å². The van der Waals surface area contributed by atoms with Crippen molar-refractivity contribution in [3.05, 3.63) is 65.2 Å². The SMILES string of the molecule is COc1ccc(C(=O)C=Cc2ccccc2CN2CCN(C)CC2)c(OC)c1. The van der Waals surface area contributed by atoms with Gasteiger partial charge in [-0.15, -0.1) is 0 Å². The van der Waals surface area contributed by atoms with Crippen molar-refractivity contribution in [2.75, 3.05) is 47.4 Å². The number of likely N-dealkylation sites (N-methyl/N-ethyl adjacent to an activating group) is 1. The van der Waals surface area contributed by atoms with E-state index >= 15 is 0 Å². The highest BCUT2D eigenvalue weighted by Gasteiger charge is 2.15. The Hall–Kier alpha value is -2.63. The maximum Gasteiger partial charge on any atom is 0.189 e. The number of hydrogen-bond acceptors (Lipinski definition) is 5. The zero-order valence-electron chi connectivity index (χ0n) is 16.9. The number of hydrogen-bond donors (Lipinski definition) is 0. The topological polar surface area (TPSA) is 42.0 Å². The highest BCUT2D eigenvalue weighted by atomic mass is 16.5. The van der Waals surface area contributed by atoms with Gasteiger partial charge in [-0.25, -0.2) is 0 Å². The fraction of sp³-hybridized carbons (Fsp3) is 0.348. The lowest BCUT2D eigenvalue weighted by molar-refractivity contribution is 0.104. The molecule has 0 aliphatic carbocycles. The lowest BCUT2D eigenvalue weighted by Crippen LogP contribution is -2.43. The number of carbonyl (C=O) groups excluding carboxylic acids is 1. The summed E-state index contributed by atoms with van der Waals surface area (Å²) in [6.07, 6.45) is 3.52. The quantitative estimate of drug-likeness (QED) is 0.544. The number of ether oxygens (including phenoxy) is 2. The fourth-order valence-electron chi connectivity index (χ4n) is 3.34. The van der Waals surface area contributed by atoms with Crippen molar-refractivity contribution in [1.82, 2.24) is 9.80 Å². The van der Waals surface area contributed by atoms with Crippen LogP contribution in [0.5, 0.6) is 11.5 Å². The summed E-state index contributed by atoms with van der Waals surface area (Å²) in [5, 5.41) is 0. The lowest BCUT2D eigenvalue weighted by atomic mass is 10.0. The van der Waals surface area contributed by atoms with Gasteiger partial charge in [-0.1, -0.05) is 30.3 Å². The molecule has 1 heterocycles. The van der Waals surface area contributed by atoms with Crippen LogP contribution in [0.3, 0.4) is 0 Å². The van der Waals surface area contributed by atoms with Gasteiger partial charge in [0.1, 0.15) is 11.5 Å². The Morgan fingerprint density at radius 1 is 1.04 bits per heavy atom. The molecule has 1 aliphatic heterocycles. The van der Waals surface area contributed by atoms with Crippen LogP contribution in [-0.2, 0) is 6.54 Å². The fourth-order valence-corrected chi connectivity index (χ4v) is 3.34. The summed E-state index contributed by atoms with van der Waals surface area (Å²) < 4.78 is 10.5. The van der Waals surface area contributed by atoms with Crippen LogP contribution in [-0.4, -0.2) is 63.0 Å². The molecule has 0 atom stereocenters. The average Bonchev–Trinajstić information content (AvgIpc) is 2.74. The van der Waals surface area contributed by atoms with Crippen LogP contribution < -0.4 is 9.47 Å². The number of nitrogens with zero attached hydrogens (tertiary/aromatic N) is 2. The van der Waals surface area contributed by atoms with Gasteiger partial charge in [0.05, 0.1) is 19.8 Å². The molecule has 0 aromatic heterocycles. The Bertz CT molecular complexity index is 839. The molecule has 5 nitrogen and oxygen atoms in total. The predicted molar refractivity (Wildman–Crippen MR) is 112 cm³/mol. The largest absolute Gasteiger partial charge is 0.497 e. The van der Waals surface area contributed by atoms with E-state index in [9.17, 15) is 4.79 Å². The lowest BCUT2D eigenvalue weighted by Gasteiger charge is -2.32. The van der Waals surface area contributed by atoms with E-state index in [2.05, 4.69) is 35.0 Å². The number of ketones is 1. The van der Waals surface area contributed by atoms with Crippen LogP contribution in [0.15, 0.2) is 48.5 Å². The second kappa shape index (κ2) is 9.53. The smallest absolute Gasteiger partial charge is 0.189 e. The summed E-state index contributed by atoms with van der Waals surface area (Å²) in [7, 11) is 5.31. The maximum absolute atomic E-state index is 12.7. The molecular formula is C23H28N2O3. The number of piperazine rings is 1. The van der Waals surface area contributed by atoms with Gasteiger partial charge in [0, 0.05) is 38.8 Å². The number of benzene rings is 2. The molecule has 0 spiro atoms. The summed E-state index contributed by atoms with van der Waals surface area (Å²) >= 11 is 0. The third kappa shape index (κ3) is 5.00. The molecule has 0 amide bonds. The molecule has 0 unspecified atom stereocenters. The third-order valence-electron chi connectivity index (χ3n) is 5.13. The monoisotopic (exact) mass is 380 g/mol. The van der Waals surface area contributed by atoms with E-state index in [0.717, 1.165) is 38.3 Å². The van der Waals surface area contributed by atoms with E-state index in [-0.39, 0.29) is 5.78 Å². The van der Waals surface area contributed by atoms with E-state index < -0.39 is 0 Å². The van der Waals surface area contributed by atoms with Gasteiger partial charge in [-0.05, 0) is 36.4 Å². The van der Waals surface area contributed by atoms with E-state index in [4.69, 9.17) is 9.47 Å². The highest BCUT2D eigenvalue weighted by molar-refractivity contribution is 6.08. The number of allylic oxidation sites excluding steroid dienone is 1. The highest BCUT2D eigenvalue weighted by Crippen LogP contribution is 2.25. The minimum atomic E-state index is -0.0890. The summed E-state index contributed by atoms with van der Waals surface area (Å²) in [6, 6.07) is 13.5. The second-order valence-electron chi connectivity index (χ2n) is 7.04. The van der Waals surface area contributed by atoms with Gasteiger partial charge < -0.3 is 14.4 Å². The van der Waals surface area contributed by atoms with E-state index in [1.165, 1.54) is 5.56 Å². The molecule has 2 aromatic carbocycles. The first-order valence-electron chi connectivity index (χ1n) is 9.54. The Labute approximate surface area is 167 Å². The first-order valence-corrected chi connectivity index (χ1v) is 9.54. The molecule has 0 N–H and O–H groups in total. The van der Waals surface area contributed by atoms with Gasteiger partial charge in [0.15, 0.2) is 5.78 Å². The molecule has 0 radical (unpaired) electrons. The molecule has 5 heteroatoms. The van der Waals surface area contributed by atoms with Crippen LogP contribution >= 0.6 is 0 Å². The van der Waals surface area contributed by atoms with E-state index in [1.54, 1.807) is 38.5 Å². The molecular weight excluding hydrogens is 352 g/mol. The summed E-state index contributed by atoms with van der Waals surface area (Å²) in [5.74, 6) is 1.09. The molecule has 1 saturated heterocycles. The first kappa shape index (κ1) is 20.1. The Balaban J connectivity index is 1.74. The molecule has 0 saturated carbocycles. The molecule has 2 aromatic rings. The summed E-state index contributed by atoms with van der Waals surface area (Å²) in [6.45, 7) is 5.21. The van der Waals surface area contributed by atoms with Gasteiger partial charge in [0.2, 0.25) is 0 Å². The molecule has 1 fully saturated rings. The van der Waals surface area contributed by atoms with Crippen molar-refractivity contribution >= 4 is 11.9 Å². The summed E-state index contributed by atoms with van der Waals surface area (Å²) in [4.78, 5) is 17.5. The van der Waals surface area contributed by atoms with Crippen molar-refractivity contribution in [2.45, 2.75) is 6.54 Å². The standard InChI is InChI=1S/C23H28N2O3/c1-24-12-14-25(15-13-24)17-19-7-5-4-6-18(19)8-11-22(26)21-10-9-20(27-2)16-23(21)28-3/h4-11,16H,12-15,17H2,1-3H3. The van der Waals surface area contributed by atoms with Crippen molar-refractivity contribution in [3.63, 3.8) is 0 Å². The zero-order valence-corrected chi connectivity index (χ0v) is 16.9. The zero-order chi connectivity index (χ0) is 19.9. The third-order valence-corrected chi connectivity index (χ3v) is 5.13. The Morgan fingerprint density at radius 3 is 2.50 bits per heavy atom. The summed E-state index contributed by atoms with van der Waals surface area (Å²) in [5.41, 5.74) is 2.83. The molecule has 0 bridgehead atoms. The minimum absolute atomic E-state index is 0.0890. The minimum Gasteiger partial charge on any atom is -0.497 e. The number of methoxy groups -OCH3 is 2. The Morgan fingerprint density at radius 2 is 1.79 bits per heavy atom. The maximum atomic E-state index is 12.7. The number of rotatable bonds is 7. The first-order chi connectivity index (χ1) is 13.6. The van der Waals surface area contributed by atoms with Crippen LogP contribution in [0.25, 0.3) is 6.08 Å². The van der Waals surface area contributed by atoms with Crippen molar-refractivity contribution < 1.29 is 14.3 Å². The second-order valence-corrected chi connectivity index (χ2v) is 7.04. The van der Waals surface area contributed by atoms with Gasteiger partial charge in [0.25, 0.3) is 0 Å². The molecule has 3 rings (SSSR count). The van der Waals surface area contributed by atoms with Crippen molar-refractivity contribution in [1.29, 1.82) is 0 Å². The predicted octanol–water partition coefficient (Wildman–Crippen LogP) is 3.35. The average molecular weight is 380 g/mol. The van der Waals surface area contributed by atoms with Crippen LogP contribution in [0.2, 0.25) is 0 Å². The molecule has 148 valence electrons. The van der Waals surface area contributed by atoms with E-state index in [1.807, 2.05) is 12.1 Å². The van der Waals surface area contributed by atoms with Crippen molar-refractivity contribution in [2.24, 2.45) is 0 Å². The molecule has 1 aliphatic rings. The molecule has 28 heavy (non-hydrogen) atoms. The van der Waals surface area contributed by atoms with Crippen molar-refractivity contribution in [3.8, 4) is 11.5 Å². The van der Waals surface area contributed by atoms with Crippen LogP contribution in [0, 0.1) is 0 Å². The van der Waals surface area contributed by atoms with Gasteiger partial charge in [-0.3, -0.25) is 9.69 Å². The van der Waals surface area contributed by atoms with Crippen LogP contribution in [0.1, 0.15) is 21.5 Å². The Kier molecular flexibility index (Phi) is 6.85. The van der Waals surface area contributed by atoms with Gasteiger partial charge in [-0.2, -0.15) is 0 Å². The van der Waals surface area contributed by atoms with Crippen LogP contribution in [0.4, 0.5) is 0 Å². The normalized spacial score (nSPS) is 15.7.